The van der Waals surface area contributed by atoms with Gasteiger partial charge in [0.2, 0.25) is 5.91 Å². The Bertz CT molecular complexity index is 1060. The van der Waals surface area contributed by atoms with Gasteiger partial charge in [-0.2, -0.15) is 0 Å². The van der Waals surface area contributed by atoms with E-state index in [1.54, 1.807) is 24.3 Å². The van der Waals surface area contributed by atoms with Gasteiger partial charge in [-0.15, -0.1) is 0 Å². The SMILES string of the molecule is Cc1ccc(C(=O)COC(=O)c2ccc(NC(=O)CC3OCC4CCCCN4C3=O)cc2)cc1. The first kappa shape index (κ1) is 23.6. The van der Waals surface area contributed by atoms with Crippen molar-refractivity contribution in [1.82, 2.24) is 4.90 Å². The molecule has 0 aliphatic carbocycles. The van der Waals surface area contributed by atoms with Gasteiger partial charge in [-0.3, -0.25) is 14.4 Å². The molecule has 2 heterocycles. The van der Waals surface area contributed by atoms with Crippen molar-refractivity contribution in [2.24, 2.45) is 0 Å². The van der Waals surface area contributed by atoms with Crippen molar-refractivity contribution < 1.29 is 28.7 Å². The van der Waals surface area contributed by atoms with Gasteiger partial charge in [0.05, 0.1) is 24.6 Å². The molecule has 178 valence electrons. The van der Waals surface area contributed by atoms with E-state index >= 15 is 0 Å². The van der Waals surface area contributed by atoms with E-state index in [4.69, 9.17) is 9.47 Å². The number of piperidine rings is 1. The molecule has 0 saturated carbocycles. The largest absolute Gasteiger partial charge is 0.454 e. The molecule has 0 radical (unpaired) electrons. The van der Waals surface area contributed by atoms with Crippen molar-refractivity contribution in [3.8, 4) is 0 Å². The number of ether oxygens (including phenoxy) is 2. The molecule has 2 aromatic rings. The zero-order valence-electron chi connectivity index (χ0n) is 19.1. The average Bonchev–Trinajstić information content (AvgIpc) is 2.85. The van der Waals surface area contributed by atoms with E-state index in [2.05, 4.69) is 5.32 Å². The van der Waals surface area contributed by atoms with Gasteiger partial charge in [0, 0.05) is 17.8 Å². The van der Waals surface area contributed by atoms with Crippen molar-refractivity contribution in [3.63, 3.8) is 0 Å². The van der Waals surface area contributed by atoms with Crippen molar-refractivity contribution in [2.75, 3.05) is 25.1 Å². The summed E-state index contributed by atoms with van der Waals surface area (Å²) < 4.78 is 10.8. The number of aryl methyl sites for hydroxylation is 1. The summed E-state index contributed by atoms with van der Waals surface area (Å²) in [5, 5.41) is 2.73. The van der Waals surface area contributed by atoms with Gasteiger partial charge in [0.1, 0.15) is 6.10 Å². The molecule has 34 heavy (non-hydrogen) atoms. The topological polar surface area (TPSA) is 102 Å². The summed E-state index contributed by atoms with van der Waals surface area (Å²) in [6, 6.07) is 13.3. The van der Waals surface area contributed by atoms with Crippen LogP contribution in [0.3, 0.4) is 0 Å². The highest BCUT2D eigenvalue weighted by molar-refractivity contribution is 5.99. The van der Waals surface area contributed by atoms with Gasteiger partial charge >= 0.3 is 5.97 Å². The van der Waals surface area contributed by atoms with Crippen molar-refractivity contribution >= 4 is 29.3 Å². The lowest BCUT2D eigenvalue weighted by molar-refractivity contribution is -0.163. The number of benzene rings is 2. The number of fused-ring (bicyclic) bond motifs is 1. The third-order valence-corrected chi connectivity index (χ3v) is 6.16. The van der Waals surface area contributed by atoms with Crippen LogP contribution in [0, 0.1) is 6.92 Å². The molecular weight excluding hydrogens is 436 g/mol. The minimum Gasteiger partial charge on any atom is -0.454 e. The smallest absolute Gasteiger partial charge is 0.338 e. The van der Waals surface area contributed by atoms with Crippen molar-refractivity contribution in [2.45, 2.75) is 44.8 Å². The van der Waals surface area contributed by atoms with Crippen LogP contribution in [0.25, 0.3) is 0 Å². The standard InChI is InChI=1S/C26H28N2O6/c1-17-5-7-18(8-6-17)22(29)16-34-26(32)19-9-11-20(12-10-19)27-24(30)14-23-25(31)28-13-3-2-4-21(28)15-33-23/h5-12,21,23H,2-4,13-16H2,1H3,(H,27,30). The lowest BCUT2D eigenvalue weighted by Crippen LogP contribution is -2.56. The first-order valence-electron chi connectivity index (χ1n) is 11.5. The highest BCUT2D eigenvalue weighted by Crippen LogP contribution is 2.24. The highest BCUT2D eigenvalue weighted by Gasteiger charge is 2.38. The Kier molecular flexibility index (Phi) is 7.37. The Morgan fingerprint density at radius 1 is 1.03 bits per heavy atom. The molecule has 8 nitrogen and oxygen atoms in total. The third kappa shape index (κ3) is 5.69. The number of nitrogens with one attached hydrogen (secondary N) is 1. The fourth-order valence-electron chi connectivity index (χ4n) is 4.20. The Hall–Kier alpha value is -3.52. The number of amides is 2. The molecule has 2 fully saturated rings. The molecule has 4 rings (SSSR count). The van der Waals surface area contributed by atoms with Crippen LogP contribution in [0.2, 0.25) is 0 Å². The molecule has 2 unspecified atom stereocenters. The van der Waals surface area contributed by atoms with E-state index in [1.807, 2.05) is 24.0 Å². The number of hydrogen-bond donors (Lipinski definition) is 1. The fourth-order valence-corrected chi connectivity index (χ4v) is 4.20. The second kappa shape index (κ2) is 10.6. The predicted octanol–water partition coefficient (Wildman–Crippen LogP) is 3.14. The molecule has 0 bridgehead atoms. The summed E-state index contributed by atoms with van der Waals surface area (Å²) in [5.74, 6) is -1.37. The molecule has 1 N–H and O–H groups in total. The molecule has 2 aromatic carbocycles. The lowest BCUT2D eigenvalue weighted by Gasteiger charge is -2.41. The second-order valence-electron chi connectivity index (χ2n) is 8.70. The maximum atomic E-state index is 12.6. The third-order valence-electron chi connectivity index (χ3n) is 6.16. The number of ketones is 1. The quantitative estimate of drug-likeness (QED) is 0.499. The number of carbonyl (C=O) groups is 4. The first-order valence-corrected chi connectivity index (χ1v) is 11.5. The van der Waals surface area contributed by atoms with Gasteiger partial charge in [-0.05, 0) is 50.5 Å². The summed E-state index contributed by atoms with van der Waals surface area (Å²) in [7, 11) is 0. The number of Topliss-reactive ketones (excluding diaryl/α,β-unsaturated/α-hetero) is 1. The zero-order valence-corrected chi connectivity index (χ0v) is 19.1. The number of hydrogen-bond acceptors (Lipinski definition) is 6. The number of esters is 1. The van der Waals surface area contributed by atoms with Gasteiger partial charge in [-0.25, -0.2) is 4.79 Å². The summed E-state index contributed by atoms with van der Waals surface area (Å²) in [4.78, 5) is 51.3. The summed E-state index contributed by atoms with van der Waals surface area (Å²) in [6.45, 7) is 2.76. The maximum absolute atomic E-state index is 12.6. The molecule has 8 heteroatoms. The van der Waals surface area contributed by atoms with Crippen LogP contribution < -0.4 is 5.32 Å². The highest BCUT2D eigenvalue weighted by atomic mass is 16.5. The van der Waals surface area contributed by atoms with Crippen LogP contribution >= 0.6 is 0 Å². The van der Waals surface area contributed by atoms with Crippen LogP contribution in [0.1, 0.15) is 52.0 Å². The second-order valence-corrected chi connectivity index (χ2v) is 8.70. The normalized spacial score (nSPS) is 19.8. The number of anilines is 1. The minimum atomic E-state index is -0.769. The van der Waals surface area contributed by atoms with E-state index in [-0.39, 0.29) is 42.2 Å². The monoisotopic (exact) mass is 464 g/mol. The number of morpholine rings is 1. The van der Waals surface area contributed by atoms with E-state index < -0.39 is 12.1 Å². The Balaban J connectivity index is 1.25. The van der Waals surface area contributed by atoms with E-state index in [0.29, 0.717) is 17.9 Å². The fraction of sp³-hybridized carbons (Fsp3) is 0.385. The van der Waals surface area contributed by atoms with Crippen LogP contribution in [-0.2, 0) is 19.1 Å². The van der Waals surface area contributed by atoms with Crippen LogP contribution in [0.15, 0.2) is 48.5 Å². The van der Waals surface area contributed by atoms with E-state index in [1.165, 1.54) is 12.1 Å². The number of carbonyl (C=O) groups excluding carboxylic acids is 4. The Morgan fingerprint density at radius 3 is 2.47 bits per heavy atom. The molecule has 0 spiro atoms. The van der Waals surface area contributed by atoms with E-state index in [9.17, 15) is 19.2 Å². The molecule has 2 atom stereocenters. The Labute approximate surface area is 198 Å². The van der Waals surface area contributed by atoms with Gasteiger partial charge in [0.15, 0.2) is 12.4 Å². The molecule has 2 aliphatic heterocycles. The molecule has 0 aromatic heterocycles. The summed E-state index contributed by atoms with van der Waals surface area (Å²) in [6.07, 6.45) is 2.19. The van der Waals surface area contributed by atoms with Crippen molar-refractivity contribution in [1.29, 1.82) is 0 Å². The summed E-state index contributed by atoms with van der Waals surface area (Å²) >= 11 is 0. The van der Waals surface area contributed by atoms with Gasteiger partial charge in [-0.1, -0.05) is 29.8 Å². The van der Waals surface area contributed by atoms with Gasteiger partial charge in [0.25, 0.3) is 5.91 Å². The predicted molar refractivity (Wildman–Crippen MR) is 125 cm³/mol. The molecule has 2 amide bonds. The van der Waals surface area contributed by atoms with Crippen LogP contribution in [0.5, 0.6) is 0 Å². The zero-order chi connectivity index (χ0) is 24.1. The number of rotatable bonds is 7. The minimum absolute atomic E-state index is 0.0625. The van der Waals surface area contributed by atoms with Crippen molar-refractivity contribution in [3.05, 3.63) is 65.2 Å². The van der Waals surface area contributed by atoms with E-state index in [0.717, 1.165) is 31.4 Å². The maximum Gasteiger partial charge on any atom is 0.338 e. The molecule has 2 aliphatic rings. The first-order chi connectivity index (χ1) is 16.4. The van der Waals surface area contributed by atoms with Crippen LogP contribution in [-0.4, -0.2) is 60.4 Å². The number of nitrogens with zero attached hydrogens (tertiary/aromatic N) is 1. The van der Waals surface area contributed by atoms with Gasteiger partial charge < -0.3 is 19.7 Å². The summed E-state index contributed by atoms with van der Waals surface area (Å²) in [5.41, 5.74) is 2.26. The molecular formula is C26H28N2O6. The van der Waals surface area contributed by atoms with Crippen LogP contribution in [0.4, 0.5) is 5.69 Å². The Morgan fingerprint density at radius 2 is 1.74 bits per heavy atom. The molecule has 2 saturated heterocycles. The lowest BCUT2D eigenvalue weighted by atomic mass is 9.99. The average molecular weight is 465 g/mol.